The summed E-state index contributed by atoms with van der Waals surface area (Å²) in [5, 5.41) is 19.6. The van der Waals surface area contributed by atoms with E-state index >= 15 is 0 Å². The van der Waals surface area contributed by atoms with E-state index in [4.69, 9.17) is 9.47 Å². The van der Waals surface area contributed by atoms with Crippen molar-refractivity contribution in [1.29, 1.82) is 0 Å². The molecule has 2 heterocycles. The molecule has 44 heavy (non-hydrogen) atoms. The predicted molar refractivity (Wildman–Crippen MR) is 161 cm³/mol. The van der Waals surface area contributed by atoms with E-state index in [1.54, 1.807) is 37.3 Å². The fraction of sp³-hybridized carbons (Fsp3) is 0.290. The van der Waals surface area contributed by atoms with Crippen molar-refractivity contribution in [2.24, 2.45) is 0 Å². The van der Waals surface area contributed by atoms with E-state index in [9.17, 15) is 24.3 Å². The zero-order chi connectivity index (χ0) is 31.6. The number of esters is 1. The molecule has 0 aliphatic carbocycles. The Morgan fingerprint density at radius 2 is 1.75 bits per heavy atom. The van der Waals surface area contributed by atoms with Crippen LogP contribution in [-0.2, 0) is 20.7 Å². The molecule has 230 valence electrons. The molecule has 0 saturated heterocycles. The minimum absolute atomic E-state index is 0.0637. The van der Waals surface area contributed by atoms with E-state index in [2.05, 4.69) is 20.7 Å². The summed E-state index contributed by atoms with van der Waals surface area (Å²) in [6.45, 7) is 5.62. The molecular weight excluding hydrogens is 568 g/mol. The Balaban J connectivity index is 1.45. The number of anilines is 2. The van der Waals surface area contributed by atoms with Gasteiger partial charge in [0.2, 0.25) is 6.79 Å². The van der Waals surface area contributed by atoms with Crippen molar-refractivity contribution in [1.82, 2.24) is 24.8 Å². The molecular formula is C31H34N6O7. The molecule has 0 bridgehead atoms. The molecule has 0 aliphatic heterocycles. The summed E-state index contributed by atoms with van der Waals surface area (Å²) in [5.41, 5.74) is 3.25. The number of carbonyl (C=O) groups is 4. The molecule has 4 rings (SSSR count). The summed E-state index contributed by atoms with van der Waals surface area (Å²) in [6, 6.07) is 12.9. The monoisotopic (exact) mass is 602 g/mol. The second-order valence-corrected chi connectivity index (χ2v) is 9.92. The van der Waals surface area contributed by atoms with Gasteiger partial charge in [0.15, 0.2) is 5.82 Å². The molecule has 0 fully saturated rings. The number of aryl methyl sites for hydroxylation is 1. The highest BCUT2D eigenvalue weighted by atomic mass is 16.7. The van der Waals surface area contributed by atoms with Crippen LogP contribution in [-0.4, -0.2) is 68.4 Å². The minimum Gasteiger partial charge on any atom is -0.508 e. The molecule has 0 spiro atoms. The van der Waals surface area contributed by atoms with Gasteiger partial charge >= 0.3 is 12.1 Å². The lowest BCUT2D eigenvalue weighted by Crippen LogP contribution is -2.38. The first-order valence-electron chi connectivity index (χ1n) is 14.1. The number of nitrogens with one attached hydrogen (secondary N) is 2. The van der Waals surface area contributed by atoms with Gasteiger partial charge in [-0.3, -0.25) is 14.4 Å². The number of amides is 3. The first-order chi connectivity index (χ1) is 21.2. The van der Waals surface area contributed by atoms with Crippen LogP contribution in [0.15, 0.2) is 61.1 Å². The van der Waals surface area contributed by atoms with E-state index in [1.165, 1.54) is 29.2 Å². The van der Waals surface area contributed by atoms with Gasteiger partial charge in [-0.05, 0) is 61.2 Å². The van der Waals surface area contributed by atoms with E-state index < -0.39 is 24.8 Å². The number of fused-ring (bicyclic) bond motifs is 1. The number of aromatic nitrogens is 3. The van der Waals surface area contributed by atoms with E-state index in [0.717, 1.165) is 16.9 Å². The number of imide groups is 1. The topological polar surface area (TPSA) is 164 Å². The number of carbonyl (C=O) groups excluding carboxylic acids is 4. The molecule has 4 aromatic rings. The fourth-order valence-electron chi connectivity index (χ4n) is 4.22. The summed E-state index contributed by atoms with van der Waals surface area (Å²) in [7, 11) is 0. The first-order valence-corrected chi connectivity index (χ1v) is 14.1. The third-order valence-electron chi connectivity index (χ3n) is 6.54. The maximum atomic E-state index is 13.4. The van der Waals surface area contributed by atoms with Crippen molar-refractivity contribution in [2.75, 3.05) is 25.2 Å². The Morgan fingerprint density at radius 1 is 0.977 bits per heavy atom. The fourth-order valence-corrected chi connectivity index (χ4v) is 4.22. The summed E-state index contributed by atoms with van der Waals surface area (Å²) < 4.78 is 11.5. The average molecular weight is 603 g/mol. The average Bonchev–Trinajstić information content (AvgIpc) is 3.46. The zero-order valence-corrected chi connectivity index (χ0v) is 24.7. The largest absolute Gasteiger partial charge is 0.508 e. The molecule has 13 nitrogen and oxygen atoms in total. The van der Waals surface area contributed by atoms with Gasteiger partial charge in [-0.15, -0.1) is 0 Å². The van der Waals surface area contributed by atoms with Gasteiger partial charge < -0.3 is 25.2 Å². The number of hydrogen-bond donors (Lipinski definition) is 3. The van der Waals surface area contributed by atoms with Gasteiger partial charge in [0.05, 0.1) is 12.0 Å². The number of rotatable bonds is 12. The van der Waals surface area contributed by atoms with Crippen LogP contribution >= 0.6 is 0 Å². The maximum absolute atomic E-state index is 13.4. The first kappa shape index (κ1) is 31.5. The van der Waals surface area contributed by atoms with Crippen LogP contribution in [0.3, 0.4) is 0 Å². The molecule has 0 unspecified atom stereocenters. The Labute approximate surface area is 253 Å². The Hall–Kier alpha value is -5.46. The zero-order valence-electron chi connectivity index (χ0n) is 24.7. The highest BCUT2D eigenvalue weighted by Gasteiger charge is 2.26. The molecule has 0 saturated carbocycles. The number of nitrogens with zero attached hydrogens (tertiary/aromatic N) is 4. The highest BCUT2D eigenvalue weighted by molar-refractivity contribution is 6.04. The lowest BCUT2D eigenvalue weighted by Gasteiger charge is -2.19. The lowest BCUT2D eigenvalue weighted by molar-refractivity contribution is -0.151. The highest BCUT2D eigenvalue weighted by Crippen LogP contribution is 2.25. The summed E-state index contributed by atoms with van der Waals surface area (Å²) >= 11 is 0. The molecule has 2 aromatic heterocycles. The second-order valence-electron chi connectivity index (χ2n) is 9.92. The predicted octanol–water partition coefficient (Wildman–Crippen LogP) is 4.36. The molecule has 0 atom stereocenters. The van der Waals surface area contributed by atoms with E-state index in [0.29, 0.717) is 41.1 Å². The van der Waals surface area contributed by atoms with Crippen molar-refractivity contribution in [3.8, 4) is 5.75 Å². The molecule has 2 aromatic carbocycles. The van der Waals surface area contributed by atoms with Crippen molar-refractivity contribution < 1.29 is 33.8 Å². The Kier molecular flexibility index (Phi) is 10.5. The third-order valence-corrected chi connectivity index (χ3v) is 6.54. The van der Waals surface area contributed by atoms with Crippen LogP contribution in [0.25, 0.3) is 5.52 Å². The van der Waals surface area contributed by atoms with Crippen molar-refractivity contribution in [3.63, 3.8) is 0 Å². The molecule has 3 amide bonds. The molecule has 0 aliphatic rings. The quantitative estimate of drug-likeness (QED) is 0.157. The Bertz CT molecular complexity index is 1650. The summed E-state index contributed by atoms with van der Waals surface area (Å²) in [5.74, 6) is -1.00. The SMILES string of the molecule is CCCNC(=O)c1ccc(C)c(Nc2ncnn3cc(C(=O)N(CCC)C(=O)OCOC(=O)Cc4ccc(O)cc4)cc23)c1. The molecule has 13 heteroatoms. The molecule has 3 N–H and O–H groups in total. The van der Waals surface area contributed by atoms with Crippen LogP contribution in [0.5, 0.6) is 5.75 Å². The van der Waals surface area contributed by atoms with Gasteiger partial charge in [-0.1, -0.05) is 32.0 Å². The minimum atomic E-state index is -0.970. The van der Waals surface area contributed by atoms with Crippen LogP contribution in [0.2, 0.25) is 0 Å². The maximum Gasteiger partial charge on any atom is 0.419 e. The van der Waals surface area contributed by atoms with Gasteiger partial charge in [-0.25, -0.2) is 19.2 Å². The number of benzene rings is 2. The normalized spacial score (nSPS) is 10.7. The van der Waals surface area contributed by atoms with E-state index in [-0.39, 0.29) is 30.2 Å². The van der Waals surface area contributed by atoms with Crippen LogP contribution < -0.4 is 10.6 Å². The van der Waals surface area contributed by atoms with Crippen molar-refractivity contribution in [3.05, 3.63) is 83.3 Å². The molecule has 0 radical (unpaired) electrons. The smallest absolute Gasteiger partial charge is 0.419 e. The van der Waals surface area contributed by atoms with Gasteiger partial charge in [0, 0.05) is 30.5 Å². The van der Waals surface area contributed by atoms with Gasteiger partial charge in [0.25, 0.3) is 11.8 Å². The third kappa shape index (κ3) is 7.88. The van der Waals surface area contributed by atoms with Crippen LogP contribution in [0.1, 0.15) is 58.5 Å². The summed E-state index contributed by atoms with van der Waals surface area (Å²) in [6.07, 6.45) is 3.02. The van der Waals surface area contributed by atoms with Gasteiger partial charge in [0.1, 0.15) is 17.6 Å². The number of aromatic hydroxyl groups is 1. The van der Waals surface area contributed by atoms with E-state index in [1.807, 2.05) is 19.9 Å². The van der Waals surface area contributed by atoms with Crippen LogP contribution in [0, 0.1) is 6.92 Å². The van der Waals surface area contributed by atoms with Crippen molar-refractivity contribution >= 4 is 40.9 Å². The number of hydrogen-bond acceptors (Lipinski definition) is 10. The lowest BCUT2D eigenvalue weighted by atomic mass is 10.1. The standard InChI is InChI=1S/C31H34N6O7/c1-4-12-32-29(40)22-9-6-20(3)25(15-22)35-28-26-16-23(17-37(26)34-18-33-28)30(41)36(13-5-2)31(42)44-19-43-27(39)14-21-7-10-24(38)11-8-21/h6-11,15-18,38H,4-5,12-14,19H2,1-3H3,(H,32,40)(H,33,34,35). The number of phenolic OH excluding ortho intramolecular Hbond substituents is 1. The second kappa shape index (κ2) is 14.6. The number of phenols is 1. The number of ether oxygens (including phenoxy) is 2. The van der Waals surface area contributed by atoms with Crippen LogP contribution in [0.4, 0.5) is 16.3 Å². The Morgan fingerprint density at radius 3 is 2.48 bits per heavy atom. The van der Waals surface area contributed by atoms with Crippen molar-refractivity contribution in [2.45, 2.75) is 40.0 Å². The van der Waals surface area contributed by atoms with Gasteiger partial charge in [-0.2, -0.15) is 5.10 Å². The summed E-state index contributed by atoms with van der Waals surface area (Å²) in [4.78, 5) is 56.1.